The number of alkyl halides is 6. The first-order valence-electron chi connectivity index (χ1n) is 6.61. The van der Waals surface area contributed by atoms with Gasteiger partial charge in [-0.15, -0.1) is 0 Å². The Hall–Kier alpha value is -1.48. The first kappa shape index (κ1) is 21.5. The summed E-state index contributed by atoms with van der Waals surface area (Å²) in [5.41, 5.74) is -1.20. The Labute approximate surface area is 128 Å². The minimum absolute atomic E-state index is 1.14. The second-order valence-corrected chi connectivity index (χ2v) is 6.06. The number of aliphatic carboxylic acids is 1. The zero-order valence-electron chi connectivity index (χ0n) is 12.7. The molecule has 0 heterocycles. The Kier molecular flexibility index (Phi) is 6.92. The summed E-state index contributed by atoms with van der Waals surface area (Å²) in [7, 11) is 0. The molecule has 0 aliphatic rings. The van der Waals surface area contributed by atoms with E-state index in [1.54, 1.807) is 0 Å². The van der Waals surface area contributed by atoms with E-state index in [1.165, 1.54) is 20.8 Å². The third kappa shape index (κ3) is 10.0. The molecule has 0 rings (SSSR count). The Balaban J connectivity index is 5.40. The van der Waals surface area contributed by atoms with Gasteiger partial charge in [-0.3, -0.25) is 9.59 Å². The summed E-state index contributed by atoms with van der Waals surface area (Å²) in [4.78, 5) is 22.9. The van der Waals surface area contributed by atoms with Gasteiger partial charge in [0, 0.05) is 6.42 Å². The fraction of sp³-hybridized carbons (Fsp3) is 0.846. The minimum atomic E-state index is -4.92. The number of esters is 1. The van der Waals surface area contributed by atoms with E-state index in [1.807, 2.05) is 0 Å². The van der Waals surface area contributed by atoms with Gasteiger partial charge in [0.25, 0.3) is 0 Å². The van der Waals surface area contributed by atoms with Gasteiger partial charge >= 0.3 is 24.3 Å². The van der Waals surface area contributed by atoms with Crippen LogP contribution in [-0.4, -0.2) is 35.0 Å². The maximum Gasteiger partial charge on any atom is 0.389 e. The maximum atomic E-state index is 12.6. The molecule has 0 radical (unpaired) electrons. The highest BCUT2D eigenvalue weighted by molar-refractivity contribution is 5.81. The van der Waals surface area contributed by atoms with E-state index in [0.717, 1.165) is 0 Å². The van der Waals surface area contributed by atoms with Crippen molar-refractivity contribution in [3.63, 3.8) is 0 Å². The zero-order valence-corrected chi connectivity index (χ0v) is 12.7. The van der Waals surface area contributed by atoms with Crippen molar-refractivity contribution in [2.75, 3.05) is 0 Å². The molecule has 0 bridgehead atoms. The first-order valence-corrected chi connectivity index (χ1v) is 6.61. The second-order valence-electron chi connectivity index (χ2n) is 6.06. The summed E-state index contributed by atoms with van der Waals surface area (Å²) in [5.74, 6) is -7.78. The number of hydrogen-bond acceptors (Lipinski definition) is 3. The fourth-order valence-corrected chi connectivity index (χ4v) is 1.83. The van der Waals surface area contributed by atoms with Crippen LogP contribution in [0.15, 0.2) is 0 Å². The molecule has 0 spiro atoms. The summed E-state index contributed by atoms with van der Waals surface area (Å²) in [6, 6.07) is 0. The molecule has 4 nitrogen and oxygen atoms in total. The van der Waals surface area contributed by atoms with Crippen LogP contribution in [0.2, 0.25) is 0 Å². The molecule has 1 unspecified atom stereocenters. The molecular formula is C13H18F6O4. The van der Waals surface area contributed by atoms with Gasteiger partial charge in [-0.25, -0.2) is 0 Å². The summed E-state index contributed by atoms with van der Waals surface area (Å²) >= 11 is 0. The zero-order chi connectivity index (χ0) is 18.6. The van der Waals surface area contributed by atoms with Crippen molar-refractivity contribution in [3.05, 3.63) is 0 Å². The minimum Gasteiger partial charge on any atom is -0.481 e. The Morgan fingerprint density at radius 3 is 1.74 bits per heavy atom. The number of carbonyl (C=O) groups excluding carboxylic acids is 1. The predicted octanol–water partition coefficient (Wildman–Crippen LogP) is 3.94. The molecule has 0 aliphatic heterocycles. The van der Waals surface area contributed by atoms with Crippen LogP contribution in [0, 0.1) is 11.8 Å². The number of rotatable bonds is 6. The van der Waals surface area contributed by atoms with Gasteiger partial charge in [0.05, 0.1) is 18.3 Å². The van der Waals surface area contributed by atoms with Crippen molar-refractivity contribution >= 4 is 11.9 Å². The van der Waals surface area contributed by atoms with Gasteiger partial charge in [0.1, 0.15) is 5.60 Å². The average molecular weight is 352 g/mol. The molecular weight excluding hydrogens is 334 g/mol. The Morgan fingerprint density at radius 1 is 0.957 bits per heavy atom. The summed E-state index contributed by atoms with van der Waals surface area (Å²) < 4.78 is 79.1. The summed E-state index contributed by atoms with van der Waals surface area (Å²) in [5, 5.41) is 8.94. The van der Waals surface area contributed by atoms with Crippen LogP contribution in [0.3, 0.4) is 0 Å². The SMILES string of the molecule is CC(C)(C)OC(=O)C(CC(F)(F)F)[C@@H](CCC(F)(F)F)C(=O)O. The molecule has 23 heavy (non-hydrogen) atoms. The quantitative estimate of drug-likeness (QED) is 0.581. The lowest BCUT2D eigenvalue weighted by Gasteiger charge is -2.28. The van der Waals surface area contributed by atoms with Crippen molar-refractivity contribution in [2.45, 2.75) is 58.0 Å². The van der Waals surface area contributed by atoms with Gasteiger partial charge in [0.15, 0.2) is 0 Å². The van der Waals surface area contributed by atoms with Gasteiger partial charge in [-0.2, -0.15) is 26.3 Å². The molecule has 0 amide bonds. The van der Waals surface area contributed by atoms with E-state index < -0.39 is 61.0 Å². The summed E-state index contributed by atoms with van der Waals surface area (Å²) in [6.45, 7) is 4.04. The van der Waals surface area contributed by atoms with Crippen molar-refractivity contribution in [1.82, 2.24) is 0 Å². The van der Waals surface area contributed by atoms with Crippen LogP contribution in [-0.2, 0) is 14.3 Å². The van der Waals surface area contributed by atoms with E-state index in [-0.39, 0.29) is 0 Å². The smallest absolute Gasteiger partial charge is 0.389 e. The van der Waals surface area contributed by atoms with E-state index in [4.69, 9.17) is 9.84 Å². The van der Waals surface area contributed by atoms with E-state index >= 15 is 0 Å². The fourth-order valence-electron chi connectivity index (χ4n) is 1.83. The molecule has 0 saturated carbocycles. The third-order valence-electron chi connectivity index (χ3n) is 2.70. The maximum absolute atomic E-state index is 12.6. The molecule has 0 aromatic carbocycles. The molecule has 0 saturated heterocycles. The van der Waals surface area contributed by atoms with Crippen LogP contribution in [0.25, 0.3) is 0 Å². The molecule has 0 aromatic heterocycles. The molecule has 0 aromatic rings. The second kappa shape index (κ2) is 7.39. The van der Waals surface area contributed by atoms with Gasteiger partial charge in [0.2, 0.25) is 0 Å². The molecule has 2 atom stereocenters. The van der Waals surface area contributed by atoms with Crippen LogP contribution in [0.4, 0.5) is 26.3 Å². The van der Waals surface area contributed by atoms with Crippen LogP contribution >= 0.6 is 0 Å². The predicted molar refractivity (Wildman–Crippen MR) is 66.4 cm³/mol. The topological polar surface area (TPSA) is 63.6 Å². The highest BCUT2D eigenvalue weighted by atomic mass is 19.4. The van der Waals surface area contributed by atoms with Crippen molar-refractivity contribution in [1.29, 1.82) is 0 Å². The molecule has 0 fully saturated rings. The lowest BCUT2D eigenvalue weighted by Crippen LogP contribution is -2.38. The lowest BCUT2D eigenvalue weighted by atomic mass is 9.85. The normalized spacial score (nSPS) is 15.9. The monoisotopic (exact) mass is 352 g/mol. The number of carbonyl (C=O) groups is 2. The van der Waals surface area contributed by atoms with E-state index in [9.17, 15) is 35.9 Å². The number of carboxylic acid groups (broad SMARTS) is 1. The molecule has 1 N–H and O–H groups in total. The number of halogens is 6. The van der Waals surface area contributed by atoms with Crippen LogP contribution in [0.1, 0.15) is 40.0 Å². The van der Waals surface area contributed by atoms with Crippen molar-refractivity contribution in [2.24, 2.45) is 11.8 Å². The van der Waals surface area contributed by atoms with E-state index in [2.05, 4.69) is 0 Å². The number of ether oxygens (including phenoxy) is 1. The highest BCUT2D eigenvalue weighted by Crippen LogP contribution is 2.35. The summed E-state index contributed by atoms with van der Waals surface area (Å²) in [6.07, 6.45) is -14.3. The van der Waals surface area contributed by atoms with Gasteiger partial charge in [-0.05, 0) is 27.2 Å². The number of carboxylic acids is 1. The van der Waals surface area contributed by atoms with Crippen molar-refractivity contribution < 1.29 is 45.8 Å². The third-order valence-corrected chi connectivity index (χ3v) is 2.70. The van der Waals surface area contributed by atoms with Gasteiger partial charge in [-0.1, -0.05) is 0 Å². The largest absolute Gasteiger partial charge is 0.481 e. The van der Waals surface area contributed by atoms with Gasteiger partial charge < -0.3 is 9.84 Å². The number of hydrogen-bond donors (Lipinski definition) is 1. The molecule has 10 heteroatoms. The Bertz CT molecular complexity index is 422. The average Bonchev–Trinajstić information content (AvgIpc) is 2.21. The van der Waals surface area contributed by atoms with Crippen molar-refractivity contribution in [3.8, 4) is 0 Å². The van der Waals surface area contributed by atoms with E-state index in [0.29, 0.717) is 0 Å². The van der Waals surface area contributed by atoms with Crippen LogP contribution < -0.4 is 0 Å². The van der Waals surface area contributed by atoms with Crippen LogP contribution in [0.5, 0.6) is 0 Å². The first-order chi connectivity index (χ1) is 10.0. The lowest BCUT2D eigenvalue weighted by molar-refractivity contribution is -0.185. The molecule has 0 aliphatic carbocycles. The Morgan fingerprint density at radius 2 is 1.43 bits per heavy atom. The molecule has 136 valence electrons. The standard InChI is InChI=1S/C13H18F6O4/c1-11(2,3)23-10(22)8(6-13(17,18)19)7(9(20)21)4-5-12(14,15)16/h7-8H,4-6H2,1-3H3,(H,20,21)/t7-,8?/m1/s1. The highest BCUT2D eigenvalue weighted by Gasteiger charge is 2.45.